The molecular formula is C44H49N3O4WY-2. The first-order chi connectivity index (χ1) is 24.6. The fourth-order valence-electron chi connectivity index (χ4n) is 4.67. The summed E-state index contributed by atoms with van der Waals surface area (Å²) in [6, 6.07) is 19.7. The van der Waals surface area contributed by atoms with Gasteiger partial charge in [0, 0.05) is 80.5 Å². The second-order valence-corrected chi connectivity index (χ2v) is 12.2. The smallest absolute Gasteiger partial charge is 0.251 e. The van der Waals surface area contributed by atoms with Gasteiger partial charge in [-0.1, -0.05) is 60.6 Å². The van der Waals surface area contributed by atoms with E-state index in [4.69, 9.17) is 0 Å². The van der Waals surface area contributed by atoms with Crippen molar-refractivity contribution >= 4 is 36.2 Å². The number of nitrogens with one attached hydrogen (secondary N) is 3. The Hall–Kier alpha value is -3.90. The minimum atomic E-state index is -0.0695. The Labute approximate surface area is 355 Å². The average molecular weight is 957 g/mol. The van der Waals surface area contributed by atoms with Crippen LogP contribution in [0.2, 0.25) is 0 Å². The second-order valence-electron chi connectivity index (χ2n) is 12.2. The van der Waals surface area contributed by atoms with Crippen LogP contribution in [0.15, 0.2) is 102 Å². The van der Waals surface area contributed by atoms with E-state index in [1.165, 1.54) is 36.0 Å². The maximum absolute atomic E-state index is 11.5. The van der Waals surface area contributed by atoms with Crippen molar-refractivity contribution in [2.45, 2.75) is 52.4 Å². The van der Waals surface area contributed by atoms with Crippen LogP contribution in [0.5, 0.6) is 0 Å². The molecule has 1 radical (unpaired) electrons. The first kappa shape index (κ1) is 47.1. The summed E-state index contributed by atoms with van der Waals surface area (Å²) in [7, 11) is 4.90. The number of amides is 3. The third-order valence-electron chi connectivity index (χ3n) is 8.54. The molecule has 53 heavy (non-hydrogen) atoms. The Kier molecular flexibility index (Phi) is 22.4. The molecule has 0 atom stereocenters. The number of aryl methyl sites for hydroxylation is 2. The van der Waals surface area contributed by atoms with Crippen molar-refractivity contribution in [3.8, 4) is 0 Å². The van der Waals surface area contributed by atoms with Crippen molar-refractivity contribution in [3.05, 3.63) is 159 Å². The number of rotatable bonds is 8. The molecule has 9 heteroatoms. The fraction of sp³-hybridized carbons (Fsp3) is 0.250. The maximum Gasteiger partial charge on any atom is 0.251 e. The van der Waals surface area contributed by atoms with Gasteiger partial charge >= 0.3 is 0 Å². The third-order valence-corrected chi connectivity index (χ3v) is 8.54. The SMILES string of the molecule is CNC(=O)c1cc[c-]c(/C=C/C2=CCC2)c1.CNC(=O)c1ccc(C)c(/C=C/C2=CCC2)c1.O=CC1=CCC1.[CH2-]c1cc(C(=O)NC)ccc1C.[W].[Y]. The van der Waals surface area contributed by atoms with Crippen molar-refractivity contribution in [2.75, 3.05) is 21.1 Å². The molecule has 3 amide bonds. The molecule has 0 bridgehead atoms. The predicted octanol–water partition coefficient (Wildman–Crippen LogP) is 8.11. The van der Waals surface area contributed by atoms with Gasteiger partial charge < -0.3 is 16.0 Å². The molecule has 0 saturated heterocycles. The molecule has 0 heterocycles. The Morgan fingerprint density at radius 2 is 1.09 bits per heavy atom. The van der Waals surface area contributed by atoms with Crippen molar-refractivity contribution in [1.29, 1.82) is 0 Å². The van der Waals surface area contributed by atoms with Gasteiger partial charge in [0.15, 0.2) is 0 Å². The van der Waals surface area contributed by atoms with Gasteiger partial charge in [-0.2, -0.15) is 24.1 Å². The van der Waals surface area contributed by atoms with Crippen LogP contribution in [-0.4, -0.2) is 45.2 Å². The minimum absolute atomic E-state index is 0. The van der Waals surface area contributed by atoms with Gasteiger partial charge in [-0.15, -0.1) is 48.0 Å². The Morgan fingerprint density at radius 3 is 1.51 bits per heavy atom. The number of carbonyl (C=O) groups excluding carboxylic acids is 4. The summed E-state index contributed by atoms with van der Waals surface area (Å²) >= 11 is 0. The zero-order valence-electron chi connectivity index (χ0n) is 31.4. The quantitative estimate of drug-likeness (QED) is 0.157. The first-order valence-corrected chi connectivity index (χ1v) is 17.2. The summed E-state index contributed by atoms with van der Waals surface area (Å²) in [4.78, 5) is 43.8. The van der Waals surface area contributed by atoms with Crippen molar-refractivity contribution < 1.29 is 73.0 Å². The fourth-order valence-corrected chi connectivity index (χ4v) is 4.67. The second kappa shape index (κ2) is 25.2. The van der Waals surface area contributed by atoms with Crippen LogP contribution in [0.3, 0.4) is 0 Å². The molecular weight excluding hydrogens is 907 g/mol. The van der Waals surface area contributed by atoms with Gasteiger partial charge in [0.2, 0.25) is 11.8 Å². The monoisotopic (exact) mass is 956 g/mol. The third kappa shape index (κ3) is 15.9. The first-order valence-electron chi connectivity index (χ1n) is 17.2. The van der Waals surface area contributed by atoms with Crippen molar-refractivity contribution in [1.82, 2.24) is 16.0 Å². The van der Waals surface area contributed by atoms with Crippen molar-refractivity contribution in [3.63, 3.8) is 0 Å². The van der Waals surface area contributed by atoms with Gasteiger partial charge in [0.05, 0.1) is 0 Å². The number of hydrogen-bond acceptors (Lipinski definition) is 4. The zero-order chi connectivity index (χ0) is 37.2. The van der Waals surface area contributed by atoms with Gasteiger partial charge in [-0.25, -0.2) is 0 Å². The molecule has 0 saturated carbocycles. The largest absolute Gasteiger partial charge is 0.356 e. The summed E-state index contributed by atoms with van der Waals surface area (Å²) in [5.41, 5.74) is 11.0. The van der Waals surface area contributed by atoms with E-state index in [1.54, 1.807) is 45.4 Å². The molecule has 0 unspecified atom stereocenters. The molecule has 3 aromatic carbocycles. The van der Waals surface area contributed by atoms with Crippen LogP contribution in [0, 0.1) is 26.8 Å². The topological polar surface area (TPSA) is 104 Å². The summed E-state index contributed by atoms with van der Waals surface area (Å²) < 4.78 is 0. The standard InChI is InChI=1S/C15H17NO.C14H14NO.C10H12NO.C5H6O.W.Y/c1-11-6-8-14(15(17)16-2)10-13(11)9-7-12-4-3-5-12;1-15-14(16)13-7-3-6-12(10-13)9-8-11-4-2-5-11;1-7-4-5-9(6-8(7)2)10(12)11-3;6-4-5-2-1-3-5;;/h4,6-10H,3,5H2,1-2H3,(H,16,17);3-4,7-10H,2,5H2,1H3,(H,15,16);4-6H,2H2,1,3H3,(H,11,12);2,4H,1,3H2;;/q;2*-1;;;/b9-7+;9-8+;;;;. The number of allylic oxidation sites excluding steroid dienone is 8. The van der Waals surface area contributed by atoms with E-state index in [-0.39, 0.29) is 71.5 Å². The molecule has 3 aromatic rings. The normalized spacial score (nSPS) is 13.2. The summed E-state index contributed by atoms with van der Waals surface area (Å²) in [6.45, 7) is 7.84. The van der Waals surface area contributed by atoms with Crippen LogP contribution in [-0.2, 0) is 58.6 Å². The minimum Gasteiger partial charge on any atom is -0.356 e. The van der Waals surface area contributed by atoms with Crippen LogP contribution >= 0.6 is 0 Å². The van der Waals surface area contributed by atoms with Crippen molar-refractivity contribution in [2.24, 2.45) is 0 Å². The molecule has 0 fully saturated rings. The molecule has 3 aliphatic carbocycles. The summed E-state index contributed by atoms with van der Waals surface area (Å²) in [5, 5.41) is 7.81. The maximum atomic E-state index is 11.5. The Balaban J connectivity index is 0.000000366. The molecule has 0 aromatic heterocycles. The zero-order valence-corrected chi connectivity index (χ0v) is 37.2. The molecule has 275 valence electrons. The Morgan fingerprint density at radius 1 is 0.642 bits per heavy atom. The summed E-state index contributed by atoms with van der Waals surface area (Å²) in [5.74, 6) is -0.172. The number of benzene rings is 3. The molecule has 3 N–H and O–H groups in total. The van der Waals surface area contributed by atoms with E-state index in [0.29, 0.717) is 16.7 Å². The number of carbonyl (C=O) groups is 4. The van der Waals surface area contributed by atoms with E-state index in [1.807, 2.05) is 49.4 Å². The van der Waals surface area contributed by atoms with E-state index in [9.17, 15) is 19.2 Å². The van der Waals surface area contributed by atoms with E-state index in [2.05, 4.69) is 66.2 Å². The van der Waals surface area contributed by atoms with Crippen LogP contribution in [0.25, 0.3) is 12.2 Å². The number of hydrogen-bond donors (Lipinski definition) is 3. The Bertz CT molecular complexity index is 1870. The van der Waals surface area contributed by atoms with E-state index < -0.39 is 0 Å². The molecule has 3 aliphatic rings. The molecule has 7 nitrogen and oxygen atoms in total. The van der Waals surface area contributed by atoms with Crippen LogP contribution in [0.4, 0.5) is 0 Å². The summed E-state index contributed by atoms with van der Waals surface area (Å²) in [6.07, 6.45) is 22.4. The molecule has 0 aliphatic heterocycles. The predicted molar refractivity (Wildman–Crippen MR) is 208 cm³/mol. The average Bonchev–Trinajstić information content (AvgIpc) is 3.08. The van der Waals surface area contributed by atoms with Crippen LogP contribution in [0.1, 0.15) is 97.4 Å². The van der Waals surface area contributed by atoms with Crippen LogP contribution < -0.4 is 16.0 Å². The van der Waals surface area contributed by atoms with E-state index in [0.717, 1.165) is 53.4 Å². The van der Waals surface area contributed by atoms with Gasteiger partial charge in [0.1, 0.15) is 6.29 Å². The number of aldehydes is 1. The molecule has 0 spiro atoms. The van der Waals surface area contributed by atoms with Gasteiger partial charge in [-0.05, 0) is 85.4 Å². The van der Waals surface area contributed by atoms with Gasteiger partial charge in [-0.3, -0.25) is 19.2 Å². The van der Waals surface area contributed by atoms with Gasteiger partial charge in [0.25, 0.3) is 5.91 Å². The molecule has 6 rings (SSSR count). The van der Waals surface area contributed by atoms with E-state index >= 15 is 0 Å².